The maximum atomic E-state index is 12.7. The maximum absolute atomic E-state index is 12.7. The van der Waals surface area contributed by atoms with Gasteiger partial charge in [-0.05, 0) is 50.3 Å². The van der Waals surface area contributed by atoms with E-state index in [0.29, 0.717) is 49.2 Å². The Hall–Kier alpha value is -3.30. The van der Waals surface area contributed by atoms with Crippen LogP contribution in [0, 0.1) is 6.92 Å². The van der Waals surface area contributed by atoms with Gasteiger partial charge in [-0.1, -0.05) is 6.07 Å². The number of hydrogen-bond acceptors (Lipinski definition) is 9. The molecule has 2 aliphatic rings. The molecule has 3 aromatic rings. The smallest absolute Gasteiger partial charge is 0.213 e. The number of fused-ring (bicyclic) bond motifs is 1. The normalized spacial score (nSPS) is 16.7. The van der Waals surface area contributed by atoms with Crippen LogP contribution in [-0.2, 0) is 19.6 Å². The van der Waals surface area contributed by atoms with Gasteiger partial charge in [-0.25, -0.2) is 15.0 Å². The van der Waals surface area contributed by atoms with Crippen molar-refractivity contribution >= 4 is 11.6 Å². The lowest BCUT2D eigenvalue weighted by Crippen LogP contribution is -2.37. The third kappa shape index (κ3) is 6.09. The number of hydrogen-bond donors (Lipinski definition) is 2. The number of Topliss-reactive ketones (excluding diaryl/α,β-unsaturated/α-hetero) is 1. The molecule has 1 atom stereocenters. The van der Waals surface area contributed by atoms with Crippen molar-refractivity contribution in [2.24, 2.45) is 0 Å². The van der Waals surface area contributed by atoms with Gasteiger partial charge in [0.15, 0.2) is 17.9 Å². The SMILES string of the molecule is Cc1ncoc1COc1ccc2c(n1)CCN(C[C@@H](O)CCC(=O)c1ccnc(NC3CCC3)c1)C2. The molecule has 0 radical (unpaired) electrons. The molecule has 5 rings (SSSR count). The second-order valence-electron chi connectivity index (χ2n) is 9.71. The number of carbonyl (C=O) groups excluding carboxylic acids is 1. The molecular formula is C27H33N5O4. The molecule has 36 heavy (non-hydrogen) atoms. The third-order valence-electron chi connectivity index (χ3n) is 7.01. The number of ketones is 1. The second-order valence-corrected chi connectivity index (χ2v) is 9.71. The Kier molecular flexibility index (Phi) is 7.58. The number of β-amino-alcohol motifs (C(OH)–C–C–N with tert-alkyl or cyclic N) is 1. The molecule has 0 saturated heterocycles. The van der Waals surface area contributed by atoms with Crippen LogP contribution in [0.25, 0.3) is 0 Å². The van der Waals surface area contributed by atoms with Crippen molar-refractivity contribution in [2.75, 3.05) is 18.4 Å². The van der Waals surface area contributed by atoms with E-state index in [2.05, 4.69) is 25.2 Å². The van der Waals surface area contributed by atoms with E-state index in [1.54, 1.807) is 12.3 Å². The molecule has 0 aromatic carbocycles. The van der Waals surface area contributed by atoms with Gasteiger partial charge in [0.1, 0.15) is 12.4 Å². The van der Waals surface area contributed by atoms with E-state index in [9.17, 15) is 9.90 Å². The number of nitrogens with zero attached hydrogens (tertiary/aromatic N) is 4. The van der Waals surface area contributed by atoms with E-state index in [4.69, 9.17) is 9.15 Å². The fourth-order valence-electron chi connectivity index (χ4n) is 4.57. The van der Waals surface area contributed by atoms with Gasteiger partial charge in [0.05, 0.1) is 17.5 Å². The number of rotatable bonds is 11. The molecule has 9 nitrogen and oxygen atoms in total. The molecule has 0 unspecified atom stereocenters. The zero-order chi connectivity index (χ0) is 24.9. The van der Waals surface area contributed by atoms with Gasteiger partial charge in [0, 0.05) is 56.3 Å². The maximum Gasteiger partial charge on any atom is 0.213 e. The first-order valence-corrected chi connectivity index (χ1v) is 12.7. The van der Waals surface area contributed by atoms with Crippen molar-refractivity contribution in [3.8, 4) is 5.88 Å². The molecule has 1 saturated carbocycles. The van der Waals surface area contributed by atoms with Crippen LogP contribution in [0.2, 0.25) is 0 Å². The number of pyridine rings is 2. The van der Waals surface area contributed by atoms with Gasteiger partial charge in [-0.3, -0.25) is 9.69 Å². The standard InChI is InChI=1S/C27H33N5O4/c1-18-25(36-17-29-18)16-35-27-8-5-20-14-32(12-10-23(20)31-27)15-22(33)6-7-24(34)19-9-11-28-26(13-19)30-21-3-2-4-21/h5,8-9,11,13,17,21-22,33H,2-4,6-7,10,12,14-16H2,1H3,(H,28,30)/t22-/m0/s1. The number of aryl methyl sites for hydroxylation is 1. The van der Waals surface area contributed by atoms with Crippen molar-refractivity contribution in [3.63, 3.8) is 0 Å². The summed E-state index contributed by atoms with van der Waals surface area (Å²) < 4.78 is 11.1. The zero-order valence-electron chi connectivity index (χ0n) is 20.7. The number of aliphatic hydroxyl groups excluding tert-OH is 1. The summed E-state index contributed by atoms with van der Waals surface area (Å²) in [5.74, 6) is 2.06. The van der Waals surface area contributed by atoms with Crippen LogP contribution in [-0.4, -0.2) is 56.0 Å². The molecule has 4 heterocycles. The summed E-state index contributed by atoms with van der Waals surface area (Å²) in [4.78, 5) is 28.0. The van der Waals surface area contributed by atoms with Crippen molar-refractivity contribution in [3.05, 3.63) is 65.1 Å². The minimum absolute atomic E-state index is 0.0364. The molecule has 9 heteroatoms. The van der Waals surface area contributed by atoms with E-state index in [0.717, 1.165) is 55.1 Å². The molecule has 2 N–H and O–H groups in total. The molecule has 0 spiro atoms. The quantitative estimate of drug-likeness (QED) is 0.388. The van der Waals surface area contributed by atoms with E-state index in [1.165, 1.54) is 12.8 Å². The summed E-state index contributed by atoms with van der Waals surface area (Å²) in [6, 6.07) is 7.95. The number of ether oxygens (including phenoxy) is 1. The van der Waals surface area contributed by atoms with E-state index in [1.807, 2.05) is 25.1 Å². The summed E-state index contributed by atoms with van der Waals surface area (Å²) in [7, 11) is 0. The minimum Gasteiger partial charge on any atom is -0.469 e. The van der Waals surface area contributed by atoms with Gasteiger partial charge in [0.2, 0.25) is 5.88 Å². The first-order chi connectivity index (χ1) is 17.5. The van der Waals surface area contributed by atoms with Crippen LogP contribution in [0.5, 0.6) is 5.88 Å². The fourth-order valence-corrected chi connectivity index (χ4v) is 4.57. The monoisotopic (exact) mass is 491 g/mol. The lowest BCUT2D eigenvalue weighted by Gasteiger charge is -2.30. The van der Waals surface area contributed by atoms with Crippen LogP contribution in [0.1, 0.15) is 65.2 Å². The van der Waals surface area contributed by atoms with Crippen LogP contribution in [0.4, 0.5) is 5.82 Å². The molecule has 3 aromatic heterocycles. The molecule has 1 fully saturated rings. The summed E-state index contributed by atoms with van der Waals surface area (Å²) in [6.45, 7) is 4.23. The average Bonchev–Trinajstić information content (AvgIpc) is 3.28. The Morgan fingerprint density at radius 3 is 2.97 bits per heavy atom. The highest BCUT2D eigenvalue weighted by Crippen LogP contribution is 2.24. The van der Waals surface area contributed by atoms with Crippen LogP contribution in [0.3, 0.4) is 0 Å². The van der Waals surface area contributed by atoms with E-state index in [-0.39, 0.29) is 5.78 Å². The molecular weight excluding hydrogens is 458 g/mol. The van der Waals surface area contributed by atoms with E-state index >= 15 is 0 Å². The van der Waals surface area contributed by atoms with Crippen LogP contribution < -0.4 is 10.1 Å². The summed E-state index contributed by atoms with van der Waals surface area (Å²) in [6.07, 6.45) is 7.61. The number of oxazole rings is 1. The van der Waals surface area contributed by atoms with Crippen LogP contribution in [0.15, 0.2) is 41.3 Å². The number of anilines is 1. The fraction of sp³-hybridized carbons (Fsp3) is 0.481. The lowest BCUT2D eigenvalue weighted by molar-refractivity contribution is 0.0834. The molecule has 190 valence electrons. The second kappa shape index (κ2) is 11.2. The number of aliphatic hydroxyl groups is 1. The van der Waals surface area contributed by atoms with Gasteiger partial charge in [-0.2, -0.15) is 0 Å². The average molecular weight is 492 g/mol. The number of nitrogens with one attached hydrogen (secondary N) is 1. The van der Waals surface area contributed by atoms with Gasteiger partial charge in [0.25, 0.3) is 0 Å². The van der Waals surface area contributed by atoms with Crippen molar-refractivity contribution in [1.82, 2.24) is 19.9 Å². The zero-order valence-corrected chi connectivity index (χ0v) is 20.7. The van der Waals surface area contributed by atoms with Gasteiger partial charge < -0.3 is 19.6 Å². The number of aromatic nitrogens is 3. The molecule has 0 bridgehead atoms. The van der Waals surface area contributed by atoms with Gasteiger partial charge >= 0.3 is 0 Å². The Bertz CT molecular complexity index is 1190. The first kappa shape index (κ1) is 24.4. The highest BCUT2D eigenvalue weighted by atomic mass is 16.5. The van der Waals surface area contributed by atoms with Crippen molar-refractivity contribution in [2.45, 2.75) is 70.7 Å². The summed E-state index contributed by atoms with van der Waals surface area (Å²) in [5, 5.41) is 14.0. The highest BCUT2D eigenvalue weighted by molar-refractivity contribution is 5.96. The summed E-state index contributed by atoms with van der Waals surface area (Å²) >= 11 is 0. The van der Waals surface area contributed by atoms with Crippen molar-refractivity contribution < 1.29 is 19.1 Å². The first-order valence-electron chi connectivity index (χ1n) is 12.7. The predicted octanol–water partition coefficient (Wildman–Crippen LogP) is 3.70. The Balaban J connectivity index is 1.07. The Morgan fingerprint density at radius 2 is 2.19 bits per heavy atom. The van der Waals surface area contributed by atoms with Gasteiger partial charge in [-0.15, -0.1) is 0 Å². The van der Waals surface area contributed by atoms with E-state index < -0.39 is 6.10 Å². The Morgan fingerprint density at radius 1 is 1.31 bits per heavy atom. The van der Waals surface area contributed by atoms with Crippen LogP contribution >= 0.6 is 0 Å². The minimum atomic E-state index is -0.564. The molecule has 1 aliphatic carbocycles. The molecule has 0 amide bonds. The number of carbonyl (C=O) groups is 1. The third-order valence-corrected chi connectivity index (χ3v) is 7.01. The topological polar surface area (TPSA) is 114 Å². The summed E-state index contributed by atoms with van der Waals surface area (Å²) in [5.41, 5.74) is 3.62. The largest absolute Gasteiger partial charge is 0.469 e. The lowest BCUT2D eigenvalue weighted by atomic mass is 9.93. The Labute approximate surface area is 210 Å². The molecule has 1 aliphatic heterocycles. The highest BCUT2D eigenvalue weighted by Gasteiger charge is 2.22. The van der Waals surface area contributed by atoms with Crippen molar-refractivity contribution in [1.29, 1.82) is 0 Å². The predicted molar refractivity (Wildman–Crippen MR) is 134 cm³/mol.